The number of nitrogens with two attached hydrogens (primary N) is 1. The number of hydrogen-bond acceptors (Lipinski definition) is 4. The minimum Gasteiger partial charge on any atom is -0.478 e. The minimum absolute atomic E-state index is 0.160. The summed E-state index contributed by atoms with van der Waals surface area (Å²) in [5.74, 6) is -1.41. The highest BCUT2D eigenvalue weighted by Crippen LogP contribution is 2.21. The zero-order valence-corrected chi connectivity index (χ0v) is 16.5. The van der Waals surface area contributed by atoms with Gasteiger partial charge in [0.25, 0.3) is 0 Å². The molecule has 0 saturated heterocycles. The van der Waals surface area contributed by atoms with Gasteiger partial charge in [-0.1, -0.05) is 24.2 Å². The summed E-state index contributed by atoms with van der Waals surface area (Å²) in [5.41, 5.74) is 7.40. The van der Waals surface area contributed by atoms with E-state index in [0.29, 0.717) is 5.69 Å². The lowest BCUT2D eigenvalue weighted by Gasteiger charge is -2.23. The number of nitrogens with one attached hydrogen (secondary N) is 2. The standard InChI is InChI=1S/C18H23ClN3O3P/c1-4-17(23)21-9-12(19)7-14(10(2)20)11(3)22-16-6-5-13(26)8-15(16)18(24)25/h4-11,22H,1,20,26H2,2-3H3,(H,21,23)(H,24,25)/b12-9+,14-7+. The quantitative estimate of drug-likeness (QED) is 0.307. The van der Waals surface area contributed by atoms with E-state index < -0.39 is 5.97 Å². The number of carboxylic acid groups (broad SMARTS) is 1. The lowest BCUT2D eigenvalue weighted by Crippen LogP contribution is -2.31. The van der Waals surface area contributed by atoms with Gasteiger partial charge in [-0.3, -0.25) is 4.79 Å². The zero-order valence-electron chi connectivity index (χ0n) is 14.6. The number of aromatic carboxylic acids is 1. The normalized spacial score (nSPS) is 14.3. The summed E-state index contributed by atoms with van der Waals surface area (Å²) in [7, 11) is 2.47. The third-order valence-electron chi connectivity index (χ3n) is 3.51. The van der Waals surface area contributed by atoms with Crippen LogP contribution < -0.4 is 21.7 Å². The average molecular weight is 396 g/mol. The van der Waals surface area contributed by atoms with Crippen LogP contribution in [-0.2, 0) is 4.79 Å². The first-order valence-electron chi connectivity index (χ1n) is 7.80. The van der Waals surface area contributed by atoms with Gasteiger partial charge in [-0.2, -0.15) is 0 Å². The SMILES string of the molecule is C=CC(=O)N/C=C(Cl)\C=C(/C(C)N)C(C)Nc1ccc(P)cc1C(=O)O. The molecule has 1 aromatic rings. The van der Waals surface area contributed by atoms with Gasteiger partial charge in [-0.25, -0.2) is 4.79 Å². The molecule has 5 N–H and O–H groups in total. The van der Waals surface area contributed by atoms with Crippen molar-refractivity contribution in [2.24, 2.45) is 5.73 Å². The maximum Gasteiger partial charge on any atom is 0.337 e. The molecule has 1 aromatic carbocycles. The van der Waals surface area contributed by atoms with Crippen LogP contribution in [-0.4, -0.2) is 29.1 Å². The van der Waals surface area contributed by atoms with Crippen LogP contribution in [0.25, 0.3) is 0 Å². The van der Waals surface area contributed by atoms with Crippen molar-refractivity contribution in [1.82, 2.24) is 5.32 Å². The molecule has 1 amide bonds. The summed E-state index contributed by atoms with van der Waals surface area (Å²) in [6.45, 7) is 6.99. The Morgan fingerprint density at radius 2 is 2.04 bits per heavy atom. The first kappa shape index (κ1) is 21.9. The number of amides is 1. The van der Waals surface area contributed by atoms with E-state index in [2.05, 4.69) is 26.5 Å². The topological polar surface area (TPSA) is 104 Å². The molecule has 6 nitrogen and oxygen atoms in total. The number of hydrogen-bond donors (Lipinski definition) is 4. The molecule has 0 heterocycles. The molecule has 0 radical (unpaired) electrons. The molecule has 0 aliphatic heterocycles. The third-order valence-corrected chi connectivity index (χ3v) is 4.09. The van der Waals surface area contributed by atoms with E-state index in [4.69, 9.17) is 17.3 Å². The van der Waals surface area contributed by atoms with E-state index in [1.165, 1.54) is 6.20 Å². The second kappa shape index (κ2) is 10.1. The van der Waals surface area contributed by atoms with Gasteiger partial charge < -0.3 is 21.5 Å². The van der Waals surface area contributed by atoms with Crippen LogP contribution >= 0.6 is 20.8 Å². The summed E-state index contributed by atoms with van der Waals surface area (Å²) in [6, 6.07) is 4.42. The van der Waals surface area contributed by atoms with Crippen LogP contribution in [0.1, 0.15) is 24.2 Å². The van der Waals surface area contributed by atoms with Crippen molar-refractivity contribution in [1.29, 1.82) is 0 Å². The van der Waals surface area contributed by atoms with E-state index in [1.807, 2.05) is 6.92 Å². The highest BCUT2D eigenvalue weighted by Gasteiger charge is 2.17. The molecule has 3 unspecified atom stereocenters. The monoisotopic (exact) mass is 395 g/mol. The zero-order chi connectivity index (χ0) is 19.9. The Morgan fingerprint density at radius 1 is 1.38 bits per heavy atom. The smallest absolute Gasteiger partial charge is 0.337 e. The molecular weight excluding hydrogens is 373 g/mol. The molecule has 0 aromatic heterocycles. The van der Waals surface area contributed by atoms with Crippen molar-refractivity contribution >= 4 is 43.7 Å². The number of allylic oxidation sites excluding steroid dienone is 2. The second-order valence-corrected chi connectivity index (χ2v) is 6.75. The van der Waals surface area contributed by atoms with Gasteiger partial charge in [0.15, 0.2) is 0 Å². The molecule has 8 heteroatoms. The molecule has 140 valence electrons. The van der Waals surface area contributed by atoms with Gasteiger partial charge in [-0.05, 0) is 49.0 Å². The van der Waals surface area contributed by atoms with Crippen LogP contribution in [0.3, 0.4) is 0 Å². The van der Waals surface area contributed by atoms with Crippen molar-refractivity contribution in [3.63, 3.8) is 0 Å². The molecule has 0 spiro atoms. The van der Waals surface area contributed by atoms with Gasteiger partial charge in [0, 0.05) is 24.0 Å². The maximum absolute atomic E-state index is 11.4. The Labute approximate surface area is 160 Å². The summed E-state index contributed by atoms with van der Waals surface area (Å²) >= 11 is 6.13. The van der Waals surface area contributed by atoms with E-state index in [0.717, 1.165) is 17.0 Å². The highest BCUT2D eigenvalue weighted by atomic mass is 35.5. The van der Waals surface area contributed by atoms with Crippen molar-refractivity contribution in [3.05, 3.63) is 59.3 Å². The maximum atomic E-state index is 11.4. The molecular formula is C18H23ClN3O3P. The Kier molecular flexibility index (Phi) is 8.52. The first-order valence-corrected chi connectivity index (χ1v) is 8.76. The molecule has 3 atom stereocenters. The fraction of sp³-hybridized carbons (Fsp3) is 0.222. The van der Waals surface area contributed by atoms with E-state index in [9.17, 15) is 14.7 Å². The Hall–Kier alpha value is -2.14. The largest absolute Gasteiger partial charge is 0.478 e. The van der Waals surface area contributed by atoms with Crippen molar-refractivity contribution in [2.45, 2.75) is 25.9 Å². The van der Waals surface area contributed by atoms with Gasteiger partial charge >= 0.3 is 5.97 Å². The van der Waals surface area contributed by atoms with Gasteiger partial charge in [0.05, 0.1) is 10.6 Å². The van der Waals surface area contributed by atoms with Gasteiger partial charge in [0.2, 0.25) is 5.91 Å². The molecule has 0 fully saturated rings. The number of anilines is 1. The summed E-state index contributed by atoms with van der Waals surface area (Å²) in [5, 5.41) is 16.0. The predicted octanol–water partition coefficient (Wildman–Crippen LogP) is 2.34. The fourth-order valence-corrected chi connectivity index (χ4v) is 2.68. The summed E-state index contributed by atoms with van der Waals surface area (Å²) in [4.78, 5) is 22.6. The number of carbonyl (C=O) groups is 2. The number of carbonyl (C=O) groups excluding carboxylic acids is 1. The van der Waals surface area contributed by atoms with Crippen LogP contribution in [0.4, 0.5) is 5.69 Å². The van der Waals surface area contributed by atoms with E-state index >= 15 is 0 Å². The molecule has 0 aliphatic rings. The number of benzene rings is 1. The lowest BCUT2D eigenvalue weighted by molar-refractivity contribution is -0.115. The third kappa shape index (κ3) is 6.64. The fourth-order valence-electron chi connectivity index (χ4n) is 2.23. The number of carboxylic acids is 1. The Balaban J connectivity index is 3.08. The van der Waals surface area contributed by atoms with Crippen LogP contribution in [0.15, 0.2) is 53.7 Å². The highest BCUT2D eigenvalue weighted by molar-refractivity contribution is 7.27. The van der Waals surface area contributed by atoms with Gasteiger partial charge in [-0.15, -0.1) is 9.24 Å². The number of halogens is 1. The summed E-state index contributed by atoms with van der Waals surface area (Å²) in [6.07, 6.45) is 4.11. The second-order valence-electron chi connectivity index (χ2n) is 5.65. The van der Waals surface area contributed by atoms with Crippen LogP contribution in [0.2, 0.25) is 0 Å². The van der Waals surface area contributed by atoms with Gasteiger partial charge in [0.1, 0.15) is 0 Å². The van der Waals surface area contributed by atoms with E-state index in [-0.39, 0.29) is 28.6 Å². The molecule has 0 bridgehead atoms. The Morgan fingerprint density at radius 3 is 2.58 bits per heavy atom. The van der Waals surface area contributed by atoms with Crippen molar-refractivity contribution in [3.8, 4) is 0 Å². The Bertz CT molecular complexity index is 760. The lowest BCUT2D eigenvalue weighted by atomic mass is 10.0. The minimum atomic E-state index is -1.03. The average Bonchev–Trinajstić information content (AvgIpc) is 2.58. The van der Waals surface area contributed by atoms with Crippen LogP contribution in [0, 0.1) is 0 Å². The molecule has 26 heavy (non-hydrogen) atoms. The first-order chi connectivity index (χ1) is 12.1. The molecule has 0 aliphatic carbocycles. The number of rotatable bonds is 8. The molecule has 0 saturated carbocycles. The predicted molar refractivity (Wildman–Crippen MR) is 110 cm³/mol. The van der Waals surface area contributed by atoms with Crippen LogP contribution in [0.5, 0.6) is 0 Å². The summed E-state index contributed by atoms with van der Waals surface area (Å²) < 4.78 is 0. The molecule has 1 rings (SSSR count). The van der Waals surface area contributed by atoms with Crippen molar-refractivity contribution in [2.75, 3.05) is 5.32 Å². The van der Waals surface area contributed by atoms with E-state index in [1.54, 1.807) is 31.2 Å². The van der Waals surface area contributed by atoms with Crippen molar-refractivity contribution < 1.29 is 14.7 Å².